The third-order valence-electron chi connectivity index (χ3n) is 4.47. The molecule has 11 heteroatoms. The number of methoxy groups -OCH3 is 1. The van der Waals surface area contributed by atoms with Crippen LogP contribution in [0.3, 0.4) is 0 Å². The first-order valence-corrected chi connectivity index (χ1v) is 9.32. The number of fused-ring (bicyclic) bond motifs is 1. The van der Waals surface area contributed by atoms with Crippen molar-refractivity contribution in [2.45, 2.75) is 6.54 Å². The minimum absolute atomic E-state index is 0.0517. The molecule has 3 aromatic heterocycles. The van der Waals surface area contributed by atoms with Crippen LogP contribution in [0.1, 0.15) is 10.4 Å². The van der Waals surface area contributed by atoms with Crippen molar-refractivity contribution in [3.63, 3.8) is 0 Å². The van der Waals surface area contributed by atoms with Gasteiger partial charge in [0.05, 0.1) is 37.8 Å². The minimum Gasteiger partial charge on any atom is -0.496 e. The Hall–Kier alpha value is -3.63. The monoisotopic (exact) mass is 427 g/mol. The number of nitrogens with one attached hydrogen (secondary N) is 1. The second kappa shape index (κ2) is 8.01. The highest BCUT2D eigenvalue weighted by Gasteiger charge is 2.23. The van der Waals surface area contributed by atoms with Gasteiger partial charge in [0.2, 0.25) is 0 Å². The Labute approximate surface area is 175 Å². The van der Waals surface area contributed by atoms with Gasteiger partial charge in [0.1, 0.15) is 11.3 Å². The number of benzene rings is 1. The number of anilines is 2. The van der Waals surface area contributed by atoms with E-state index in [4.69, 9.17) is 22.1 Å². The number of nitrogens with zero attached hydrogens (tertiary/aromatic N) is 5. The third kappa shape index (κ3) is 3.42. The average Bonchev–Trinajstić information content (AvgIpc) is 3.27. The smallest absolute Gasteiger partial charge is 0.263 e. The van der Waals surface area contributed by atoms with E-state index in [1.165, 1.54) is 17.8 Å². The number of carbonyl (C=O) groups is 1. The predicted octanol–water partition coefficient (Wildman–Crippen LogP) is 2.08. The zero-order chi connectivity index (χ0) is 21.3. The summed E-state index contributed by atoms with van der Waals surface area (Å²) in [6.07, 6.45) is 4.68. The number of aliphatic hydroxyl groups is 1. The molecular formula is C19H18ClN7O3. The molecule has 0 bridgehead atoms. The van der Waals surface area contributed by atoms with E-state index >= 15 is 0 Å². The number of nitrogen functional groups attached to an aromatic ring is 1. The van der Waals surface area contributed by atoms with Crippen LogP contribution in [0.2, 0.25) is 5.02 Å². The lowest BCUT2D eigenvalue weighted by Crippen LogP contribution is -2.15. The lowest BCUT2D eigenvalue weighted by molar-refractivity contribution is 0.102. The van der Waals surface area contributed by atoms with Crippen LogP contribution in [0, 0.1) is 0 Å². The number of aromatic nitrogens is 5. The molecule has 0 atom stereocenters. The maximum absolute atomic E-state index is 13.1. The van der Waals surface area contributed by atoms with Gasteiger partial charge in [0.25, 0.3) is 5.91 Å². The minimum atomic E-state index is -0.494. The Morgan fingerprint density at radius 2 is 2.23 bits per heavy atom. The van der Waals surface area contributed by atoms with E-state index in [1.54, 1.807) is 41.3 Å². The quantitative estimate of drug-likeness (QED) is 0.429. The molecule has 0 unspecified atom stereocenters. The third-order valence-corrected chi connectivity index (χ3v) is 4.70. The van der Waals surface area contributed by atoms with Crippen molar-refractivity contribution in [3.8, 4) is 17.0 Å². The molecular weight excluding hydrogens is 410 g/mol. The Bertz CT molecular complexity index is 1230. The van der Waals surface area contributed by atoms with Crippen LogP contribution >= 0.6 is 11.6 Å². The number of rotatable bonds is 6. The summed E-state index contributed by atoms with van der Waals surface area (Å²) in [7, 11) is 1.53. The lowest BCUT2D eigenvalue weighted by atomic mass is 10.1. The fourth-order valence-electron chi connectivity index (χ4n) is 3.20. The first-order valence-electron chi connectivity index (χ1n) is 8.94. The molecule has 0 aliphatic rings. The maximum atomic E-state index is 13.1. The summed E-state index contributed by atoms with van der Waals surface area (Å²) in [4.78, 5) is 17.2. The van der Waals surface area contributed by atoms with Crippen LogP contribution in [0.5, 0.6) is 5.75 Å². The van der Waals surface area contributed by atoms with E-state index in [0.29, 0.717) is 33.4 Å². The van der Waals surface area contributed by atoms with Crippen molar-refractivity contribution >= 4 is 34.7 Å². The number of amides is 1. The first-order chi connectivity index (χ1) is 14.5. The number of hydrogen-bond donors (Lipinski definition) is 3. The van der Waals surface area contributed by atoms with Crippen molar-refractivity contribution in [2.24, 2.45) is 0 Å². The number of carbonyl (C=O) groups excluding carboxylic acids is 1. The van der Waals surface area contributed by atoms with Gasteiger partial charge in [-0.25, -0.2) is 9.50 Å². The van der Waals surface area contributed by atoms with Crippen LogP contribution in [0.4, 0.5) is 11.5 Å². The van der Waals surface area contributed by atoms with Gasteiger partial charge in [-0.15, -0.1) is 5.10 Å². The number of nitrogens with two attached hydrogens (primary N) is 1. The van der Waals surface area contributed by atoms with Gasteiger partial charge in [-0.1, -0.05) is 11.6 Å². The highest BCUT2D eigenvalue weighted by molar-refractivity contribution is 6.31. The molecule has 1 aromatic carbocycles. The van der Waals surface area contributed by atoms with E-state index in [9.17, 15) is 9.90 Å². The second-order valence-electron chi connectivity index (χ2n) is 6.30. The Balaban J connectivity index is 1.80. The Morgan fingerprint density at radius 3 is 3.00 bits per heavy atom. The fourth-order valence-corrected chi connectivity index (χ4v) is 3.37. The van der Waals surface area contributed by atoms with Crippen molar-refractivity contribution in [3.05, 3.63) is 53.4 Å². The number of ether oxygens (including phenoxy) is 1. The molecule has 0 saturated heterocycles. The summed E-state index contributed by atoms with van der Waals surface area (Å²) in [5.74, 6) is 0.0922. The van der Waals surface area contributed by atoms with E-state index in [1.807, 2.05) is 0 Å². The molecule has 3 heterocycles. The predicted molar refractivity (Wildman–Crippen MR) is 112 cm³/mol. The number of aliphatic hydroxyl groups excluding tert-OH is 1. The van der Waals surface area contributed by atoms with E-state index in [-0.39, 0.29) is 24.5 Å². The zero-order valence-corrected chi connectivity index (χ0v) is 16.7. The SMILES string of the molecule is COc1ccc(Cl)cc1-c1c(NC(=O)c2c(N)nn3cccnc23)cnn1CCO. The molecule has 0 saturated carbocycles. The molecule has 1 amide bonds. The highest BCUT2D eigenvalue weighted by Crippen LogP contribution is 2.37. The molecule has 10 nitrogen and oxygen atoms in total. The van der Waals surface area contributed by atoms with Crippen LogP contribution in [0.25, 0.3) is 16.9 Å². The van der Waals surface area contributed by atoms with Gasteiger partial charge in [-0.05, 0) is 24.3 Å². The van der Waals surface area contributed by atoms with Gasteiger partial charge in [-0.2, -0.15) is 5.10 Å². The van der Waals surface area contributed by atoms with Gasteiger partial charge in [0, 0.05) is 23.0 Å². The Kier molecular flexibility index (Phi) is 5.25. The lowest BCUT2D eigenvalue weighted by Gasteiger charge is -2.13. The first kappa shape index (κ1) is 19.7. The highest BCUT2D eigenvalue weighted by atomic mass is 35.5. The van der Waals surface area contributed by atoms with Gasteiger partial charge in [-0.3, -0.25) is 9.48 Å². The van der Waals surface area contributed by atoms with Gasteiger partial charge < -0.3 is 20.9 Å². The van der Waals surface area contributed by atoms with Crippen molar-refractivity contribution in [1.29, 1.82) is 0 Å². The molecule has 4 N–H and O–H groups in total. The summed E-state index contributed by atoms with van der Waals surface area (Å²) in [6, 6.07) is 6.79. The molecule has 0 aliphatic carbocycles. The Morgan fingerprint density at radius 1 is 1.40 bits per heavy atom. The summed E-state index contributed by atoms with van der Waals surface area (Å²) in [5, 5.41) is 21.1. The largest absolute Gasteiger partial charge is 0.496 e. The molecule has 4 aromatic rings. The summed E-state index contributed by atoms with van der Waals surface area (Å²) in [5.41, 5.74) is 7.96. The summed E-state index contributed by atoms with van der Waals surface area (Å²) < 4.78 is 8.44. The van der Waals surface area contributed by atoms with Crippen molar-refractivity contribution < 1.29 is 14.6 Å². The molecule has 0 fully saturated rings. The number of halogens is 1. The van der Waals surface area contributed by atoms with E-state index in [0.717, 1.165) is 0 Å². The van der Waals surface area contributed by atoms with Crippen LogP contribution in [-0.2, 0) is 6.54 Å². The summed E-state index contributed by atoms with van der Waals surface area (Å²) in [6.45, 7) is 0.0666. The van der Waals surface area contributed by atoms with E-state index < -0.39 is 5.91 Å². The van der Waals surface area contributed by atoms with Gasteiger partial charge >= 0.3 is 0 Å². The molecule has 0 spiro atoms. The molecule has 154 valence electrons. The zero-order valence-electron chi connectivity index (χ0n) is 15.9. The molecule has 0 radical (unpaired) electrons. The van der Waals surface area contributed by atoms with Gasteiger partial charge in [0.15, 0.2) is 11.5 Å². The average molecular weight is 428 g/mol. The molecule has 0 aliphatic heterocycles. The summed E-state index contributed by atoms with van der Waals surface area (Å²) >= 11 is 6.19. The van der Waals surface area contributed by atoms with Crippen molar-refractivity contribution in [2.75, 3.05) is 24.8 Å². The maximum Gasteiger partial charge on any atom is 0.263 e. The molecule has 4 rings (SSSR count). The fraction of sp³-hybridized carbons (Fsp3) is 0.158. The van der Waals surface area contributed by atoms with Crippen LogP contribution < -0.4 is 15.8 Å². The standard InChI is InChI=1S/C19H18ClN7O3/c1-30-14-4-3-11(20)9-12(14)16-13(10-23-26(16)7-8-28)24-19(29)15-17(21)25-27-6-2-5-22-18(15)27/h2-6,9-10,28H,7-8H2,1H3,(H2,21,25)(H,24,29). The van der Waals surface area contributed by atoms with E-state index in [2.05, 4.69) is 20.5 Å². The number of hydrogen-bond acceptors (Lipinski definition) is 7. The van der Waals surface area contributed by atoms with Crippen LogP contribution in [0.15, 0.2) is 42.9 Å². The molecule has 30 heavy (non-hydrogen) atoms. The van der Waals surface area contributed by atoms with Crippen molar-refractivity contribution in [1.82, 2.24) is 24.4 Å². The topological polar surface area (TPSA) is 133 Å². The second-order valence-corrected chi connectivity index (χ2v) is 6.74. The normalized spacial score (nSPS) is 11.0. The van der Waals surface area contributed by atoms with Crippen LogP contribution in [-0.4, -0.2) is 49.1 Å².